The number of hydrogen-bond acceptors (Lipinski definition) is 5. The zero-order valence-corrected chi connectivity index (χ0v) is 11.6. The van der Waals surface area contributed by atoms with Gasteiger partial charge in [0.25, 0.3) is 5.89 Å². The fourth-order valence-corrected chi connectivity index (χ4v) is 1.92. The standard InChI is InChI=1S/C15H11ClN2O3/c16-11-2-1-3-13(8-11)20-9-14-17-15(18-21-14)10-4-6-12(19)7-5-10/h1-8,19H,9H2. The second-order valence-corrected chi connectivity index (χ2v) is 4.74. The summed E-state index contributed by atoms with van der Waals surface area (Å²) in [5, 5.41) is 13.7. The molecule has 1 heterocycles. The van der Waals surface area contributed by atoms with Crippen molar-refractivity contribution in [3.05, 3.63) is 59.4 Å². The zero-order chi connectivity index (χ0) is 14.7. The highest BCUT2D eigenvalue weighted by Crippen LogP contribution is 2.21. The lowest BCUT2D eigenvalue weighted by atomic mass is 10.2. The third-order valence-corrected chi connectivity index (χ3v) is 2.99. The molecule has 0 aliphatic carbocycles. The van der Waals surface area contributed by atoms with Crippen molar-refractivity contribution in [2.45, 2.75) is 6.61 Å². The molecule has 0 saturated carbocycles. The number of benzene rings is 2. The highest BCUT2D eigenvalue weighted by molar-refractivity contribution is 6.30. The molecule has 0 aliphatic rings. The molecule has 2 aromatic carbocycles. The topological polar surface area (TPSA) is 68.4 Å². The fraction of sp³-hybridized carbons (Fsp3) is 0.0667. The van der Waals surface area contributed by atoms with Crippen LogP contribution in [0.4, 0.5) is 0 Å². The molecule has 0 bridgehead atoms. The Kier molecular flexibility index (Phi) is 3.75. The van der Waals surface area contributed by atoms with E-state index in [1.54, 1.807) is 48.5 Å². The maximum Gasteiger partial charge on any atom is 0.264 e. The maximum atomic E-state index is 9.25. The quantitative estimate of drug-likeness (QED) is 0.796. The Morgan fingerprint density at radius 1 is 1.14 bits per heavy atom. The van der Waals surface area contributed by atoms with Gasteiger partial charge in [-0.1, -0.05) is 22.8 Å². The van der Waals surface area contributed by atoms with Gasteiger partial charge in [-0.05, 0) is 42.5 Å². The van der Waals surface area contributed by atoms with Crippen LogP contribution in [0.25, 0.3) is 11.4 Å². The van der Waals surface area contributed by atoms with Gasteiger partial charge in [0, 0.05) is 10.6 Å². The Morgan fingerprint density at radius 3 is 2.71 bits per heavy atom. The highest BCUT2D eigenvalue weighted by Gasteiger charge is 2.09. The summed E-state index contributed by atoms with van der Waals surface area (Å²) in [5.74, 6) is 1.62. The Morgan fingerprint density at radius 2 is 1.95 bits per heavy atom. The monoisotopic (exact) mass is 302 g/mol. The molecule has 5 nitrogen and oxygen atoms in total. The molecule has 0 saturated heterocycles. The first-order chi connectivity index (χ1) is 10.2. The molecular formula is C15H11ClN2O3. The average molecular weight is 303 g/mol. The minimum atomic E-state index is 0.158. The molecular weight excluding hydrogens is 292 g/mol. The van der Waals surface area contributed by atoms with Crippen LogP contribution in [0, 0.1) is 0 Å². The van der Waals surface area contributed by atoms with Gasteiger partial charge in [-0.25, -0.2) is 0 Å². The molecule has 1 aromatic heterocycles. The van der Waals surface area contributed by atoms with Crippen LogP contribution in [0.3, 0.4) is 0 Å². The third kappa shape index (κ3) is 3.32. The van der Waals surface area contributed by atoms with Crippen molar-refractivity contribution >= 4 is 11.6 Å². The second-order valence-electron chi connectivity index (χ2n) is 4.30. The third-order valence-electron chi connectivity index (χ3n) is 2.75. The lowest BCUT2D eigenvalue weighted by Crippen LogP contribution is -1.95. The van der Waals surface area contributed by atoms with Crippen molar-refractivity contribution in [1.82, 2.24) is 10.1 Å². The maximum absolute atomic E-state index is 9.25. The first-order valence-corrected chi connectivity index (χ1v) is 6.59. The van der Waals surface area contributed by atoms with Gasteiger partial charge >= 0.3 is 0 Å². The summed E-state index contributed by atoms with van der Waals surface area (Å²) in [6.45, 7) is 0.158. The van der Waals surface area contributed by atoms with Crippen molar-refractivity contribution in [2.75, 3.05) is 0 Å². The van der Waals surface area contributed by atoms with E-state index in [4.69, 9.17) is 20.9 Å². The van der Waals surface area contributed by atoms with Crippen molar-refractivity contribution in [3.8, 4) is 22.9 Å². The summed E-state index contributed by atoms with van der Waals surface area (Å²) < 4.78 is 10.6. The first kappa shape index (κ1) is 13.5. The molecule has 3 rings (SSSR count). The van der Waals surface area contributed by atoms with Crippen LogP contribution >= 0.6 is 11.6 Å². The molecule has 0 amide bonds. The molecule has 106 valence electrons. The van der Waals surface area contributed by atoms with Gasteiger partial charge in [0.1, 0.15) is 11.5 Å². The van der Waals surface area contributed by atoms with Crippen molar-refractivity contribution in [1.29, 1.82) is 0 Å². The SMILES string of the molecule is Oc1ccc(-c2noc(COc3cccc(Cl)c3)n2)cc1. The molecule has 0 spiro atoms. The lowest BCUT2D eigenvalue weighted by Gasteiger charge is -2.02. The second kappa shape index (κ2) is 5.85. The van der Waals surface area contributed by atoms with Crippen LogP contribution < -0.4 is 4.74 Å². The molecule has 6 heteroatoms. The molecule has 3 aromatic rings. The number of halogens is 1. The van der Waals surface area contributed by atoms with Gasteiger partial charge < -0.3 is 14.4 Å². The number of phenols is 1. The fourth-order valence-electron chi connectivity index (χ4n) is 1.74. The summed E-state index contributed by atoms with van der Waals surface area (Å²) in [6, 6.07) is 13.6. The van der Waals surface area contributed by atoms with Crippen LogP contribution in [0.2, 0.25) is 5.02 Å². The molecule has 1 N–H and O–H groups in total. The molecule has 0 unspecified atom stereocenters. The molecule has 0 atom stereocenters. The Balaban J connectivity index is 1.69. The van der Waals surface area contributed by atoms with Crippen LogP contribution in [-0.4, -0.2) is 15.2 Å². The van der Waals surface area contributed by atoms with E-state index < -0.39 is 0 Å². The Labute approximate surface area is 125 Å². The number of hydrogen-bond donors (Lipinski definition) is 1. The summed E-state index contributed by atoms with van der Waals surface area (Å²) >= 11 is 5.87. The van der Waals surface area contributed by atoms with E-state index in [9.17, 15) is 5.11 Å². The summed E-state index contributed by atoms with van der Waals surface area (Å²) in [5.41, 5.74) is 0.755. The smallest absolute Gasteiger partial charge is 0.264 e. The summed E-state index contributed by atoms with van der Waals surface area (Å²) in [4.78, 5) is 4.23. The van der Waals surface area contributed by atoms with E-state index >= 15 is 0 Å². The number of aromatic nitrogens is 2. The number of rotatable bonds is 4. The van der Waals surface area contributed by atoms with Crippen LogP contribution in [0.15, 0.2) is 53.1 Å². The van der Waals surface area contributed by atoms with Gasteiger partial charge in [-0.2, -0.15) is 4.98 Å². The van der Waals surface area contributed by atoms with Crippen molar-refractivity contribution in [2.24, 2.45) is 0 Å². The lowest BCUT2D eigenvalue weighted by molar-refractivity contribution is 0.243. The van der Waals surface area contributed by atoms with Crippen molar-refractivity contribution < 1.29 is 14.4 Å². The van der Waals surface area contributed by atoms with Gasteiger partial charge in [0.15, 0.2) is 6.61 Å². The normalized spacial score (nSPS) is 10.5. The van der Waals surface area contributed by atoms with Gasteiger partial charge in [-0.15, -0.1) is 0 Å². The molecule has 0 fully saturated rings. The van der Waals surface area contributed by atoms with Gasteiger partial charge in [0.2, 0.25) is 5.82 Å². The molecule has 0 aliphatic heterocycles. The van der Waals surface area contributed by atoms with Gasteiger partial charge in [-0.3, -0.25) is 0 Å². The van der Waals surface area contributed by atoms with E-state index in [-0.39, 0.29) is 12.4 Å². The first-order valence-electron chi connectivity index (χ1n) is 6.21. The molecule has 0 radical (unpaired) electrons. The van der Waals surface area contributed by atoms with E-state index in [1.807, 2.05) is 0 Å². The van der Waals surface area contributed by atoms with Crippen LogP contribution in [0.1, 0.15) is 5.89 Å². The van der Waals surface area contributed by atoms with E-state index in [0.29, 0.717) is 22.5 Å². The summed E-state index contributed by atoms with van der Waals surface area (Å²) in [7, 11) is 0. The predicted octanol–water partition coefficient (Wildman–Crippen LogP) is 3.67. The minimum absolute atomic E-state index is 0.158. The average Bonchev–Trinajstić information content (AvgIpc) is 2.95. The number of phenolic OH excluding ortho intramolecular Hbond substituents is 1. The van der Waals surface area contributed by atoms with E-state index in [0.717, 1.165) is 5.56 Å². The number of ether oxygens (including phenoxy) is 1. The number of aromatic hydroxyl groups is 1. The molecule has 21 heavy (non-hydrogen) atoms. The Bertz CT molecular complexity index is 741. The largest absolute Gasteiger partial charge is 0.508 e. The minimum Gasteiger partial charge on any atom is -0.508 e. The highest BCUT2D eigenvalue weighted by atomic mass is 35.5. The van der Waals surface area contributed by atoms with Crippen LogP contribution in [0.5, 0.6) is 11.5 Å². The van der Waals surface area contributed by atoms with Crippen molar-refractivity contribution in [3.63, 3.8) is 0 Å². The van der Waals surface area contributed by atoms with E-state index in [1.165, 1.54) is 0 Å². The predicted molar refractivity (Wildman–Crippen MR) is 77.2 cm³/mol. The van der Waals surface area contributed by atoms with Gasteiger partial charge in [0.05, 0.1) is 0 Å². The number of nitrogens with zero attached hydrogens (tertiary/aromatic N) is 2. The summed E-state index contributed by atoms with van der Waals surface area (Å²) in [6.07, 6.45) is 0. The Hall–Kier alpha value is -2.53. The van der Waals surface area contributed by atoms with Crippen LogP contribution in [-0.2, 0) is 6.61 Å². The zero-order valence-electron chi connectivity index (χ0n) is 10.9. The van der Waals surface area contributed by atoms with E-state index in [2.05, 4.69) is 10.1 Å².